The second-order valence-corrected chi connectivity index (χ2v) is 2.77. The third-order valence-corrected chi connectivity index (χ3v) is 2.03. The van der Waals surface area contributed by atoms with E-state index < -0.39 is 0 Å². The molecule has 0 aromatic rings. The Bertz CT molecular complexity index is 154. The Hall–Kier alpha value is -0.570. The van der Waals surface area contributed by atoms with E-state index in [-0.39, 0.29) is 18.1 Å². The van der Waals surface area contributed by atoms with Crippen LogP contribution >= 0.6 is 0 Å². The maximum atomic E-state index is 11.4. The highest BCUT2D eigenvalue weighted by Gasteiger charge is 2.42. The normalized spacial score (nSPS) is 28.3. The van der Waals surface area contributed by atoms with Crippen LogP contribution in [0.5, 0.6) is 0 Å². The first-order valence-electron chi connectivity index (χ1n) is 4.15. The predicted molar refractivity (Wildman–Crippen MR) is 42.3 cm³/mol. The van der Waals surface area contributed by atoms with Crippen molar-refractivity contribution in [1.29, 1.82) is 0 Å². The number of carbonyl (C=O) groups excluding carboxylic acids is 1. The zero-order valence-electron chi connectivity index (χ0n) is 7.33. The van der Waals surface area contributed by atoms with Gasteiger partial charge in [0.1, 0.15) is 0 Å². The average Bonchev–Trinajstić information content (AvgIpc) is 2.69. The first-order chi connectivity index (χ1) is 5.20. The van der Waals surface area contributed by atoms with Gasteiger partial charge in [0.25, 0.3) is 5.91 Å². The van der Waals surface area contributed by atoms with Crippen LogP contribution in [0.4, 0.5) is 0 Å². The number of nitrogens with zero attached hydrogens (tertiary/aromatic N) is 1. The molecule has 1 aliphatic heterocycles. The summed E-state index contributed by atoms with van der Waals surface area (Å²) in [5.41, 5.74) is 0. The molecule has 1 aliphatic rings. The number of likely N-dealkylation sites (N-methyl/N-ethyl adjacent to an activating group) is 1. The fraction of sp³-hybridized carbons (Fsp3) is 0.875. The molecule has 0 aromatic carbocycles. The van der Waals surface area contributed by atoms with E-state index >= 15 is 0 Å². The minimum absolute atomic E-state index is 0.141. The summed E-state index contributed by atoms with van der Waals surface area (Å²) in [5.74, 6) is 0.141. The zero-order valence-corrected chi connectivity index (χ0v) is 7.33. The fourth-order valence-electron chi connectivity index (χ4n) is 1.16. The van der Waals surface area contributed by atoms with Crippen LogP contribution in [0.2, 0.25) is 0 Å². The van der Waals surface area contributed by atoms with Gasteiger partial charge in [0.2, 0.25) is 0 Å². The molecule has 1 heterocycles. The molecular formula is C8H15NO2. The Morgan fingerprint density at radius 3 is 2.18 bits per heavy atom. The molecule has 3 heteroatoms. The van der Waals surface area contributed by atoms with Crippen LogP contribution in [-0.4, -0.2) is 36.1 Å². The topological polar surface area (TPSA) is 32.8 Å². The molecule has 0 saturated carbocycles. The smallest absolute Gasteiger partial charge is 0.254 e. The maximum Gasteiger partial charge on any atom is 0.254 e. The van der Waals surface area contributed by atoms with Gasteiger partial charge >= 0.3 is 0 Å². The lowest BCUT2D eigenvalue weighted by Crippen LogP contribution is -2.34. The summed E-state index contributed by atoms with van der Waals surface area (Å²) < 4.78 is 5.07. The number of ether oxygens (including phenoxy) is 1. The first-order valence-corrected chi connectivity index (χ1v) is 4.15. The molecule has 3 nitrogen and oxygen atoms in total. The third kappa shape index (κ3) is 1.71. The highest BCUT2D eigenvalue weighted by atomic mass is 16.6. The molecule has 11 heavy (non-hydrogen) atoms. The summed E-state index contributed by atoms with van der Waals surface area (Å²) >= 11 is 0. The lowest BCUT2D eigenvalue weighted by atomic mass is 10.3. The van der Waals surface area contributed by atoms with Gasteiger partial charge in [-0.1, -0.05) is 0 Å². The first kappa shape index (κ1) is 8.53. The van der Waals surface area contributed by atoms with E-state index in [1.54, 1.807) is 4.90 Å². The highest BCUT2D eigenvalue weighted by Crippen LogP contribution is 2.22. The van der Waals surface area contributed by atoms with Crippen LogP contribution < -0.4 is 0 Å². The van der Waals surface area contributed by atoms with Crippen molar-refractivity contribution < 1.29 is 9.53 Å². The van der Waals surface area contributed by atoms with E-state index in [0.717, 1.165) is 13.1 Å². The number of carbonyl (C=O) groups is 1. The van der Waals surface area contributed by atoms with Crippen LogP contribution in [-0.2, 0) is 9.53 Å². The molecule has 64 valence electrons. The van der Waals surface area contributed by atoms with Gasteiger partial charge in [0.15, 0.2) is 6.10 Å². The molecule has 0 bridgehead atoms. The maximum absolute atomic E-state index is 11.4. The summed E-state index contributed by atoms with van der Waals surface area (Å²) in [6.07, 6.45) is -0.00185. The van der Waals surface area contributed by atoms with E-state index in [4.69, 9.17) is 4.74 Å². The summed E-state index contributed by atoms with van der Waals surface area (Å²) in [4.78, 5) is 13.2. The quantitative estimate of drug-likeness (QED) is 0.563. The van der Waals surface area contributed by atoms with Crippen molar-refractivity contribution in [2.45, 2.75) is 33.0 Å². The van der Waals surface area contributed by atoms with Crippen molar-refractivity contribution in [3.05, 3.63) is 0 Å². The number of hydrogen-bond acceptors (Lipinski definition) is 2. The second kappa shape index (κ2) is 3.22. The lowest BCUT2D eigenvalue weighted by Gasteiger charge is -2.16. The summed E-state index contributed by atoms with van der Waals surface area (Å²) in [5, 5.41) is 0. The number of hydrogen-bond donors (Lipinski definition) is 0. The molecule has 1 saturated heterocycles. The van der Waals surface area contributed by atoms with Crippen molar-refractivity contribution in [3.63, 3.8) is 0 Å². The van der Waals surface area contributed by atoms with Gasteiger partial charge < -0.3 is 9.64 Å². The van der Waals surface area contributed by atoms with Crippen molar-refractivity contribution >= 4 is 5.91 Å². The Labute approximate surface area is 67.3 Å². The van der Waals surface area contributed by atoms with Crippen LogP contribution in [0.3, 0.4) is 0 Å². The zero-order chi connectivity index (χ0) is 8.43. The lowest BCUT2D eigenvalue weighted by molar-refractivity contribution is -0.132. The van der Waals surface area contributed by atoms with E-state index in [1.807, 2.05) is 20.8 Å². The summed E-state index contributed by atoms with van der Waals surface area (Å²) in [6, 6.07) is 0. The minimum Gasteiger partial charge on any atom is -0.359 e. The van der Waals surface area contributed by atoms with Crippen molar-refractivity contribution in [2.24, 2.45) is 0 Å². The highest BCUT2D eigenvalue weighted by molar-refractivity contribution is 5.83. The van der Waals surface area contributed by atoms with Gasteiger partial charge in [-0.3, -0.25) is 4.79 Å². The van der Waals surface area contributed by atoms with Gasteiger partial charge in [-0.05, 0) is 20.8 Å². The molecule has 1 rings (SSSR count). The second-order valence-electron chi connectivity index (χ2n) is 2.77. The standard InChI is InChI=1S/C8H15NO2/c1-4-9(5-2)8(10)7-6(3)11-7/h6-7H,4-5H2,1-3H3/t6-,7+/m1/s1. The molecule has 0 N–H and O–H groups in total. The largest absolute Gasteiger partial charge is 0.359 e. The average molecular weight is 157 g/mol. The van der Waals surface area contributed by atoms with E-state index in [9.17, 15) is 4.79 Å². The van der Waals surface area contributed by atoms with Crippen LogP contribution in [0, 0.1) is 0 Å². The number of amides is 1. The Kier molecular flexibility index (Phi) is 2.49. The Morgan fingerprint density at radius 2 is 1.91 bits per heavy atom. The van der Waals surface area contributed by atoms with Crippen molar-refractivity contribution in [1.82, 2.24) is 4.90 Å². The molecule has 0 aromatic heterocycles. The fourth-order valence-corrected chi connectivity index (χ4v) is 1.16. The molecule has 0 spiro atoms. The van der Waals surface area contributed by atoms with Gasteiger partial charge in [-0.25, -0.2) is 0 Å². The number of rotatable bonds is 3. The van der Waals surface area contributed by atoms with Crippen LogP contribution in [0.15, 0.2) is 0 Å². The SMILES string of the molecule is CCN(CC)C(=O)[C@H]1O[C@@H]1C. The van der Waals surface area contributed by atoms with Crippen molar-refractivity contribution in [2.75, 3.05) is 13.1 Å². The molecular weight excluding hydrogens is 142 g/mol. The molecule has 1 fully saturated rings. The Balaban J connectivity index is 2.39. The van der Waals surface area contributed by atoms with E-state index in [2.05, 4.69) is 0 Å². The van der Waals surface area contributed by atoms with Gasteiger partial charge in [-0.15, -0.1) is 0 Å². The molecule has 0 aliphatic carbocycles. The van der Waals surface area contributed by atoms with E-state index in [1.165, 1.54) is 0 Å². The predicted octanol–water partition coefficient (Wildman–Crippen LogP) is 0.642. The van der Waals surface area contributed by atoms with Crippen LogP contribution in [0.1, 0.15) is 20.8 Å². The monoisotopic (exact) mass is 157 g/mol. The molecule has 1 amide bonds. The van der Waals surface area contributed by atoms with Crippen LogP contribution in [0.25, 0.3) is 0 Å². The van der Waals surface area contributed by atoms with Gasteiger partial charge in [-0.2, -0.15) is 0 Å². The van der Waals surface area contributed by atoms with Gasteiger partial charge in [0.05, 0.1) is 6.10 Å². The van der Waals surface area contributed by atoms with E-state index in [0.29, 0.717) is 0 Å². The Morgan fingerprint density at radius 1 is 1.45 bits per heavy atom. The molecule has 0 unspecified atom stereocenters. The summed E-state index contributed by atoms with van der Waals surface area (Å²) in [7, 11) is 0. The molecule has 0 radical (unpaired) electrons. The summed E-state index contributed by atoms with van der Waals surface area (Å²) in [6.45, 7) is 7.44. The minimum atomic E-state index is -0.144. The molecule has 2 atom stereocenters. The van der Waals surface area contributed by atoms with Gasteiger partial charge in [0, 0.05) is 13.1 Å². The number of epoxide rings is 1. The third-order valence-electron chi connectivity index (χ3n) is 2.03. The van der Waals surface area contributed by atoms with Crippen molar-refractivity contribution in [3.8, 4) is 0 Å².